The van der Waals surface area contributed by atoms with Gasteiger partial charge in [-0.15, -0.1) is 0 Å². The van der Waals surface area contributed by atoms with Crippen LogP contribution >= 0.6 is 0 Å². The lowest BCUT2D eigenvalue weighted by Crippen LogP contribution is -1.99. The topological polar surface area (TPSA) is 34.2 Å². The van der Waals surface area contributed by atoms with E-state index >= 15 is 0 Å². The molecule has 1 N–H and O–H groups in total. The van der Waals surface area contributed by atoms with Crippen molar-refractivity contribution in [2.24, 2.45) is 0 Å². The van der Waals surface area contributed by atoms with E-state index in [0.29, 0.717) is 17.0 Å². The molecule has 1 aromatic carbocycles. The fraction of sp³-hybridized carbons (Fsp3) is 0.154. The summed E-state index contributed by atoms with van der Waals surface area (Å²) < 4.78 is 21.1. The zero-order valence-corrected chi connectivity index (χ0v) is 8.97. The lowest BCUT2D eigenvalue weighted by atomic mass is 10.2. The van der Waals surface area contributed by atoms with Gasteiger partial charge in [0.2, 0.25) is 0 Å². The van der Waals surface area contributed by atoms with Crippen molar-refractivity contribution in [2.75, 3.05) is 12.4 Å². The summed E-state index contributed by atoms with van der Waals surface area (Å²) in [6, 6.07) is 10.4. The Bertz CT molecular complexity index is 500. The highest BCUT2D eigenvalue weighted by Crippen LogP contribution is 2.12. The van der Waals surface area contributed by atoms with E-state index in [1.807, 2.05) is 0 Å². The molecular formula is C13H14N2O. The molecular weight excluding hydrogens is 200 g/mol. The van der Waals surface area contributed by atoms with Crippen molar-refractivity contribution >= 4 is 5.69 Å². The highest BCUT2D eigenvalue weighted by Gasteiger charge is 1.94. The van der Waals surface area contributed by atoms with Crippen molar-refractivity contribution < 1.29 is 7.48 Å². The fourth-order valence-electron chi connectivity index (χ4n) is 1.26. The molecule has 0 spiro atoms. The average Bonchev–Trinajstić information content (AvgIpc) is 2.39. The first-order valence-corrected chi connectivity index (χ1v) is 4.94. The van der Waals surface area contributed by atoms with E-state index in [-0.39, 0.29) is 0 Å². The summed E-state index contributed by atoms with van der Waals surface area (Å²) in [5.74, 6) is 0.705. The standard InChI is InChI=1S/C13H14N2O/c1-16-13-6-4-11(5-7-13)9-15-12-3-2-8-14-10-12/h2-8,10,15H,9H2,1H3/i9D2. The first kappa shape index (κ1) is 8.16. The molecule has 0 aliphatic heterocycles. The third kappa shape index (κ3) is 2.73. The number of hydrogen-bond donors (Lipinski definition) is 1. The third-order valence-electron chi connectivity index (χ3n) is 2.10. The van der Waals surface area contributed by atoms with Gasteiger partial charge in [0.15, 0.2) is 0 Å². The van der Waals surface area contributed by atoms with E-state index in [0.717, 1.165) is 0 Å². The molecule has 2 rings (SSSR count). The molecule has 0 saturated carbocycles. The number of pyridine rings is 1. The van der Waals surface area contributed by atoms with Crippen LogP contribution in [-0.4, -0.2) is 12.1 Å². The Morgan fingerprint density at radius 3 is 2.75 bits per heavy atom. The van der Waals surface area contributed by atoms with Crippen LogP contribution in [0.3, 0.4) is 0 Å². The van der Waals surface area contributed by atoms with Crippen molar-refractivity contribution in [1.29, 1.82) is 0 Å². The zero-order chi connectivity index (χ0) is 13.0. The maximum atomic E-state index is 8.02. The van der Waals surface area contributed by atoms with E-state index in [1.54, 1.807) is 55.9 Å². The van der Waals surface area contributed by atoms with Gasteiger partial charge >= 0.3 is 0 Å². The molecule has 0 aliphatic carbocycles. The first-order chi connectivity index (χ1) is 8.62. The molecule has 0 unspecified atom stereocenters. The molecule has 0 bridgehead atoms. The number of nitrogens with zero attached hydrogens (tertiary/aromatic N) is 1. The van der Waals surface area contributed by atoms with E-state index in [4.69, 9.17) is 7.48 Å². The second kappa shape index (κ2) is 5.16. The predicted molar refractivity (Wildman–Crippen MR) is 64.6 cm³/mol. The van der Waals surface area contributed by atoms with Crippen molar-refractivity contribution in [3.8, 4) is 5.75 Å². The van der Waals surface area contributed by atoms with Crippen molar-refractivity contribution in [3.63, 3.8) is 0 Å². The fourth-order valence-corrected chi connectivity index (χ4v) is 1.26. The third-order valence-corrected chi connectivity index (χ3v) is 2.10. The minimum Gasteiger partial charge on any atom is -0.497 e. The molecule has 0 saturated heterocycles. The molecule has 1 heterocycles. The van der Waals surface area contributed by atoms with Crippen LogP contribution in [0.1, 0.15) is 8.30 Å². The largest absolute Gasteiger partial charge is 0.497 e. The van der Waals surface area contributed by atoms with Gasteiger partial charge in [0.1, 0.15) is 5.75 Å². The summed E-state index contributed by atoms with van der Waals surface area (Å²) in [7, 11) is 1.58. The summed E-state index contributed by atoms with van der Waals surface area (Å²) in [5.41, 5.74) is 1.17. The highest BCUT2D eigenvalue weighted by atomic mass is 16.5. The summed E-state index contributed by atoms with van der Waals surface area (Å²) >= 11 is 0. The number of hydrogen-bond acceptors (Lipinski definition) is 3. The molecule has 2 aromatic rings. The number of nitrogens with one attached hydrogen (secondary N) is 1. The Balaban J connectivity index is 2.19. The predicted octanol–water partition coefficient (Wildman–Crippen LogP) is 2.70. The number of aromatic nitrogens is 1. The lowest BCUT2D eigenvalue weighted by molar-refractivity contribution is 0.414. The molecule has 0 fully saturated rings. The van der Waals surface area contributed by atoms with Crippen molar-refractivity contribution in [2.45, 2.75) is 6.50 Å². The first-order valence-electron chi connectivity index (χ1n) is 5.94. The summed E-state index contributed by atoms with van der Waals surface area (Å²) in [6.07, 6.45) is 3.23. The molecule has 1 aromatic heterocycles. The second-order valence-corrected chi connectivity index (χ2v) is 3.22. The minimum absolute atomic E-state index is 0.534. The molecule has 3 heteroatoms. The van der Waals surface area contributed by atoms with Gasteiger partial charge in [-0.3, -0.25) is 4.98 Å². The van der Waals surface area contributed by atoms with Crippen LogP contribution in [0.15, 0.2) is 48.8 Å². The van der Waals surface area contributed by atoms with Gasteiger partial charge in [-0.05, 0) is 29.8 Å². The van der Waals surface area contributed by atoms with Gasteiger partial charge < -0.3 is 10.1 Å². The van der Waals surface area contributed by atoms with Crippen LogP contribution in [0.2, 0.25) is 0 Å². The summed E-state index contributed by atoms with van der Waals surface area (Å²) in [6.45, 7) is -1.66. The number of benzene rings is 1. The average molecular weight is 216 g/mol. The minimum atomic E-state index is -1.66. The van der Waals surface area contributed by atoms with Gasteiger partial charge in [-0.25, -0.2) is 0 Å². The molecule has 0 atom stereocenters. The molecule has 0 amide bonds. The number of methoxy groups -OCH3 is 1. The zero-order valence-electron chi connectivity index (χ0n) is 11.0. The lowest BCUT2D eigenvalue weighted by Gasteiger charge is -2.06. The van der Waals surface area contributed by atoms with Crippen LogP contribution in [0.5, 0.6) is 5.75 Å². The second-order valence-electron chi connectivity index (χ2n) is 3.22. The Morgan fingerprint density at radius 1 is 1.31 bits per heavy atom. The SMILES string of the molecule is [2H]C([2H])(Nc1cccnc1)c1ccc(OC)cc1. The molecule has 0 radical (unpaired) electrons. The molecule has 0 aliphatic rings. The molecule has 3 nitrogen and oxygen atoms in total. The summed E-state index contributed by atoms with van der Waals surface area (Å²) in [5, 5.41) is 2.80. The van der Waals surface area contributed by atoms with Crippen LogP contribution in [0.4, 0.5) is 5.69 Å². The monoisotopic (exact) mass is 216 g/mol. The Hall–Kier alpha value is -2.03. The maximum Gasteiger partial charge on any atom is 0.118 e. The molecule has 82 valence electrons. The number of anilines is 1. The Kier molecular flexibility index (Phi) is 2.63. The van der Waals surface area contributed by atoms with Gasteiger partial charge in [0.05, 0.1) is 15.5 Å². The molecule has 16 heavy (non-hydrogen) atoms. The van der Waals surface area contributed by atoms with E-state index in [2.05, 4.69) is 10.3 Å². The Labute approximate surface area is 97.9 Å². The van der Waals surface area contributed by atoms with Gasteiger partial charge in [-0.2, -0.15) is 0 Å². The van der Waals surface area contributed by atoms with Crippen LogP contribution in [-0.2, 0) is 6.50 Å². The van der Waals surface area contributed by atoms with Gasteiger partial charge in [0.25, 0.3) is 0 Å². The number of ether oxygens (including phenoxy) is 1. The summed E-state index contributed by atoms with van der Waals surface area (Å²) in [4.78, 5) is 3.94. The van der Waals surface area contributed by atoms with Crippen LogP contribution in [0.25, 0.3) is 0 Å². The maximum absolute atomic E-state index is 8.02. The highest BCUT2D eigenvalue weighted by molar-refractivity contribution is 5.41. The van der Waals surface area contributed by atoms with E-state index < -0.39 is 6.50 Å². The van der Waals surface area contributed by atoms with Gasteiger partial charge in [0, 0.05) is 18.9 Å². The van der Waals surface area contributed by atoms with E-state index in [9.17, 15) is 0 Å². The normalized spacial score (nSPS) is 12.6. The Morgan fingerprint density at radius 2 is 2.12 bits per heavy atom. The van der Waals surface area contributed by atoms with Crippen molar-refractivity contribution in [3.05, 3.63) is 54.4 Å². The van der Waals surface area contributed by atoms with Crippen molar-refractivity contribution in [1.82, 2.24) is 4.98 Å². The van der Waals surface area contributed by atoms with Gasteiger partial charge in [-0.1, -0.05) is 12.1 Å². The van der Waals surface area contributed by atoms with Crippen LogP contribution in [0, 0.1) is 0 Å². The quantitative estimate of drug-likeness (QED) is 0.853. The number of rotatable bonds is 4. The van der Waals surface area contributed by atoms with Crippen LogP contribution < -0.4 is 10.1 Å². The smallest absolute Gasteiger partial charge is 0.118 e. The van der Waals surface area contributed by atoms with E-state index in [1.165, 1.54) is 0 Å².